The number of piperidine rings is 1. The van der Waals surface area contributed by atoms with Crippen LogP contribution in [0.1, 0.15) is 35.2 Å². The number of amides is 1. The first kappa shape index (κ1) is 38.6. The Kier molecular flexibility index (Phi) is 12.8. The molecule has 0 radical (unpaired) electrons. The number of sulfonamides is 1. The molecule has 14 heteroatoms. The van der Waals surface area contributed by atoms with E-state index in [0.29, 0.717) is 38.1 Å². The third kappa shape index (κ3) is 9.42. The summed E-state index contributed by atoms with van der Waals surface area (Å²) < 4.78 is 40.3. The predicted octanol–water partition coefficient (Wildman–Crippen LogP) is 6.39. The molecule has 1 amide bonds. The fraction of sp³-hybridized carbons (Fsp3) is 0.342. The lowest BCUT2D eigenvalue weighted by molar-refractivity contribution is -0.384. The van der Waals surface area contributed by atoms with Crippen molar-refractivity contribution in [2.75, 3.05) is 63.9 Å². The second-order valence-electron chi connectivity index (χ2n) is 12.9. The van der Waals surface area contributed by atoms with Crippen molar-refractivity contribution >= 4 is 44.8 Å². The average molecular weight is 748 g/mol. The highest BCUT2D eigenvalue weighted by Crippen LogP contribution is 2.41. The zero-order valence-electron chi connectivity index (χ0n) is 29.8. The summed E-state index contributed by atoms with van der Waals surface area (Å²) in [5.41, 5.74) is 1.34. The number of nitrogens with zero attached hydrogens (tertiary/aromatic N) is 3. The molecule has 1 aliphatic rings. The van der Waals surface area contributed by atoms with Crippen LogP contribution in [0.25, 0.3) is 0 Å². The lowest BCUT2D eigenvalue weighted by Crippen LogP contribution is -2.44. The molecule has 4 aromatic carbocycles. The monoisotopic (exact) mass is 747 g/mol. The van der Waals surface area contributed by atoms with Crippen LogP contribution in [-0.4, -0.2) is 83.9 Å². The summed E-state index contributed by atoms with van der Waals surface area (Å²) in [6.45, 7) is 2.13. The number of carbonyl (C=O) groups is 1. The van der Waals surface area contributed by atoms with Gasteiger partial charge in [0, 0.05) is 59.8 Å². The second-order valence-corrected chi connectivity index (χ2v) is 15.6. The quantitative estimate of drug-likeness (QED) is 0.0748. The van der Waals surface area contributed by atoms with Gasteiger partial charge in [-0.25, -0.2) is 13.1 Å². The Morgan fingerprint density at radius 2 is 1.65 bits per heavy atom. The highest BCUT2D eigenvalue weighted by atomic mass is 32.2. The summed E-state index contributed by atoms with van der Waals surface area (Å²) in [5.74, 6) is 0.577. The van der Waals surface area contributed by atoms with E-state index in [2.05, 4.69) is 14.9 Å². The molecule has 1 heterocycles. The van der Waals surface area contributed by atoms with E-state index < -0.39 is 32.1 Å². The molecule has 0 spiro atoms. The number of thioether (sulfide) groups is 1. The predicted molar refractivity (Wildman–Crippen MR) is 205 cm³/mol. The van der Waals surface area contributed by atoms with Crippen LogP contribution in [0.3, 0.4) is 0 Å². The Balaban J connectivity index is 1.24. The van der Waals surface area contributed by atoms with Gasteiger partial charge in [-0.05, 0) is 94.5 Å². The third-order valence-corrected chi connectivity index (χ3v) is 11.7. The lowest BCUT2D eigenvalue weighted by atomic mass is 9.83. The van der Waals surface area contributed by atoms with Crippen LogP contribution in [0.5, 0.6) is 5.75 Å². The van der Waals surface area contributed by atoms with Gasteiger partial charge in [-0.15, -0.1) is 11.8 Å². The minimum absolute atomic E-state index is 0.136. The molecule has 1 aliphatic heterocycles. The van der Waals surface area contributed by atoms with Crippen molar-refractivity contribution in [2.45, 2.75) is 40.7 Å². The van der Waals surface area contributed by atoms with Gasteiger partial charge in [0.2, 0.25) is 0 Å². The summed E-state index contributed by atoms with van der Waals surface area (Å²) >= 11 is 1.63. The van der Waals surface area contributed by atoms with Gasteiger partial charge in [0.05, 0.1) is 22.5 Å². The van der Waals surface area contributed by atoms with Crippen LogP contribution in [0.2, 0.25) is 0 Å². The first-order valence-corrected chi connectivity index (χ1v) is 19.4. The van der Waals surface area contributed by atoms with E-state index in [-0.39, 0.29) is 22.2 Å². The smallest absolute Gasteiger partial charge is 0.293 e. The normalized spacial score (nSPS) is 14.8. The molecule has 276 valence electrons. The van der Waals surface area contributed by atoms with Crippen LogP contribution in [0.4, 0.5) is 17.1 Å². The molecule has 1 atom stereocenters. The molecule has 0 bridgehead atoms. The molecule has 0 unspecified atom stereocenters. The summed E-state index contributed by atoms with van der Waals surface area (Å²) in [4.78, 5) is 29.6. The zero-order chi connectivity index (χ0) is 37.3. The number of anilines is 2. The van der Waals surface area contributed by atoms with Crippen LogP contribution in [0.15, 0.2) is 107 Å². The number of hydrogen-bond acceptors (Lipinski definition) is 11. The molecule has 0 aliphatic carbocycles. The Hall–Kier alpha value is -4.63. The van der Waals surface area contributed by atoms with Gasteiger partial charge in [0.25, 0.3) is 21.6 Å². The number of para-hydroxylation sites is 1. The second kappa shape index (κ2) is 17.3. The zero-order valence-corrected chi connectivity index (χ0v) is 31.4. The summed E-state index contributed by atoms with van der Waals surface area (Å²) in [7, 11) is 2.84. The Labute approximate surface area is 309 Å². The number of nitro groups is 1. The molecular weight excluding hydrogens is 703 g/mol. The van der Waals surface area contributed by atoms with E-state index in [1.165, 1.54) is 12.1 Å². The van der Waals surface area contributed by atoms with Gasteiger partial charge in [-0.3, -0.25) is 14.9 Å². The van der Waals surface area contributed by atoms with E-state index in [0.717, 1.165) is 34.5 Å². The molecule has 0 aromatic heterocycles. The van der Waals surface area contributed by atoms with Crippen LogP contribution in [-0.2, 0) is 20.4 Å². The molecule has 52 heavy (non-hydrogen) atoms. The van der Waals surface area contributed by atoms with Crippen LogP contribution in [0, 0.1) is 10.1 Å². The van der Waals surface area contributed by atoms with Gasteiger partial charge in [0.15, 0.2) is 0 Å². The maximum Gasteiger partial charge on any atom is 0.293 e. The third-order valence-electron chi connectivity index (χ3n) is 9.24. The number of methoxy groups -OCH3 is 2. The van der Waals surface area contributed by atoms with E-state index in [1.54, 1.807) is 50.2 Å². The van der Waals surface area contributed by atoms with Crippen molar-refractivity contribution in [3.05, 3.63) is 118 Å². The molecule has 5 rings (SSSR count). The molecule has 0 saturated carbocycles. The highest BCUT2D eigenvalue weighted by molar-refractivity contribution is 7.99. The lowest BCUT2D eigenvalue weighted by Gasteiger charge is -2.42. The highest BCUT2D eigenvalue weighted by Gasteiger charge is 2.38. The molecule has 2 N–H and O–H groups in total. The maximum atomic E-state index is 13.3. The van der Waals surface area contributed by atoms with E-state index in [4.69, 9.17) is 9.47 Å². The van der Waals surface area contributed by atoms with Crippen molar-refractivity contribution < 1.29 is 27.6 Å². The van der Waals surface area contributed by atoms with Crippen molar-refractivity contribution in [1.82, 2.24) is 9.62 Å². The number of nitro benzene ring substituents is 1. The SMILES string of the molecule is COc1ccccc1C1(OC)CCN(c2ccc(C(=O)NS(=O)(=O)c3ccc(N[C@H](CCN(C)C)CSc4ccccc4)c([N+](=O)[O-])c3)cc2)CC1. The standard InChI is InChI=1S/C38H45N5O7S2/c1-41(2)23-20-29(27-51-31-10-6-5-7-11-31)39-34-19-18-32(26-35(34)43(45)46)52(47,48)40-37(44)28-14-16-30(17-15-28)42-24-21-38(50-4,22-25-42)33-12-8-9-13-36(33)49-3/h5-19,26,29,39H,20-25,27H2,1-4H3,(H,40,44)/t29-/m1/s1. The summed E-state index contributed by atoms with van der Waals surface area (Å²) in [5, 5.41) is 15.4. The number of ether oxygens (including phenoxy) is 2. The fourth-order valence-electron chi connectivity index (χ4n) is 6.29. The van der Waals surface area contributed by atoms with Crippen LogP contribution >= 0.6 is 11.8 Å². The van der Waals surface area contributed by atoms with Gasteiger partial charge in [-0.1, -0.05) is 36.4 Å². The molecular formula is C38H45N5O7S2. The minimum Gasteiger partial charge on any atom is -0.496 e. The number of carbonyl (C=O) groups excluding carboxylic acids is 1. The number of benzene rings is 4. The molecule has 1 fully saturated rings. The molecule has 4 aromatic rings. The van der Waals surface area contributed by atoms with Gasteiger partial charge >= 0.3 is 0 Å². The summed E-state index contributed by atoms with van der Waals surface area (Å²) in [6.07, 6.45) is 2.13. The summed E-state index contributed by atoms with van der Waals surface area (Å²) in [6, 6.07) is 27.9. The minimum atomic E-state index is -4.43. The van der Waals surface area contributed by atoms with Crippen molar-refractivity contribution in [1.29, 1.82) is 0 Å². The topological polar surface area (TPSA) is 143 Å². The van der Waals surface area contributed by atoms with Crippen LogP contribution < -0.4 is 19.7 Å². The van der Waals surface area contributed by atoms with E-state index >= 15 is 0 Å². The van der Waals surface area contributed by atoms with Crippen molar-refractivity contribution in [3.8, 4) is 5.75 Å². The van der Waals surface area contributed by atoms with Gasteiger partial charge in [-0.2, -0.15) is 0 Å². The largest absolute Gasteiger partial charge is 0.496 e. The maximum absolute atomic E-state index is 13.3. The Morgan fingerprint density at radius 3 is 2.29 bits per heavy atom. The van der Waals surface area contributed by atoms with Crippen molar-refractivity contribution in [3.63, 3.8) is 0 Å². The first-order chi connectivity index (χ1) is 24.9. The molecule has 1 saturated heterocycles. The van der Waals surface area contributed by atoms with Gasteiger partial charge in [0.1, 0.15) is 11.4 Å². The number of rotatable bonds is 16. The first-order valence-electron chi connectivity index (χ1n) is 16.9. The Morgan fingerprint density at radius 1 is 0.981 bits per heavy atom. The van der Waals surface area contributed by atoms with Crippen molar-refractivity contribution in [2.24, 2.45) is 0 Å². The van der Waals surface area contributed by atoms with E-state index in [1.807, 2.05) is 73.6 Å². The fourth-order valence-corrected chi connectivity index (χ4v) is 8.28. The number of nitrogens with one attached hydrogen (secondary N) is 2. The van der Waals surface area contributed by atoms with E-state index in [9.17, 15) is 23.3 Å². The number of hydrogen-bond donors (Lipinski definition) is 2. The van der Waals surface area contributed by atoms with Gasteiger partial charge < -0.3 is 24.6 Å². The average Bonchev–Trinajstić information content (AvgIpc) is 3.16. The molecule has 12 nitrogen and oxygen atoms in total. The Bertz CT molecular complexity index is 1940.